The summed E-state index contributed by atoms with van der Waals surface area (Å²) in [5.41, 5.74) is 20.1. The predicted molar refractivity (Wildman–Crippen MR) is 278 cm³/mol. The van der Waals surface area contributed by atoms with E-state index in [0.717, 1.165) is 89.0 Å². The van der Waals surface area contributed by atoms with Crippen molar-refractivity contribution in [3.63, 3.8) is 0 Å². The second-order valence-corrected chi connectivity index (χ2v) is 16.8. The maximum absolute atomic E-state index is 6.68. The van der Waals surface area contributed by atoms with Gasteiger partial charge in [0.1, 0.15) is 11.2 Å². The van der Waals surface area contributed by atoms with Crippen LogP contribution < -0.4 is 0 Å². The summed E-state index contributed by atoms with van der Waals surface area (Å²) in [4.78, 5) is 10.7. The van der Waals surface area contributed by atoms with Crippen molar-refractivity contribution in [2.45, 2.75) is 0 Å². The zero-order valence-electron chi connectivity index (χ0n) is 36.6. The highest BCUT2D eigenvalue weighted by Gasteiger charge is 2.25. The minimum atomic E-state index is 0.638. The molecule has 0 unspecified atom stereocenters. The van der Waals surface area contributed by atoms with Crippen LogP contribution in [-0.4, -0.2) is 9.97 Å². The molecule has 0 saturated heterocycles. The molecule has 2 aromatic heterocycles. The molecule has 10 aromatic carbocycles. The van der Waals surface area contributed by atoms with Crippen LogP contribution >= 0.6 is 0 Å². The lowest BCUT2D eigenvalue weighted by Crippen LogP contribution is -1.98. The molecule has 314 valence electrons. The maximum atomic E-state index is 6.68. The summed E-state index contributed by atoms with van der Waals surface area (Å²) in [6.07, 6.45) is 0. The van der Waals surface area contributed by atoms with E-state index in [9.17, 15) is 0 Å². The lowest BCUT2D eigenvalue weighted by molar-refractivity contribution is 0.670. The summed E-state index contributed by atoms with van der Waals surface area (Å²) in [5, 5.41) is 2.03. The first-order chi connectivity index (χ1) is 33.2. The van der Waals surface area contributed by atoms with Crippen LogP contribution in [0, 0.1) is 0 Å². The standard InChI is InChI=1S/C64H42N2O/c1-7-21-43(22-8-1)51-39-40-53(62-52-33-19-20-34-58(52)67-63(51)62)64-65-56(46-25-11-3-12-26-46)42-57(66-64)47-37-35-45(36-38-47)55-41-54(44-23-9-2-10-24-44)59(48-27-13-4-14-28-48)61(50-31-17-6-18-32-50)60(55)49-29-15-5-16-30-49/h1-42H. The number of hydrogen-bond donors (Lipinski definition) is 0. The van der Waals surface area contributed by atoms with Crippen LogP contribution in [-0.2, 0) is 0 Å². The molecule has 0 amide bonds. The summed E-state index contributed by atoms with van der Waals surface area (Å²) >= 11 is 0. The first-order valence-corrected chi connectivity index (χ1v) is 22.7. The topological polar surface area (TPSA) is 38.9 Å². The van der Waals surface area contributed by atoms with E-state index in [1.165, 1.54) is 27.8 Å². The van der Waals surface area contributed by atoms with Gasteiger partial charge >= 0.3 is 0 Å². The number of fused-ring (bicyclic) bond motifs is 3. The fourth-order valence-electron chi connectivity index (χ4n) is 9.61. The fraction of sp³-hybridized carbons (Fsp3) is 0. The van der Waals surface area contributed by atoms with Gasteiger partial charge in [-0.25, -0.2) is 9.97 Å². The van der Waals surface area contributed by atoms with Crippen molar-refractivity contribution >= 4 is 21.9 Å². The van der Waals surface area contributed by atoms with Gasteiger partial charge in [0.25, 0.3) is 0 Å². The molecule has 12 aromatic rings. The molecule has 0 atom stereocenters. The van der Waals surface area contributed by atoms with Crippen molar-refractivity contribution in [1.29, 1.82) is 0 Å². The second kappa shape index (κ2) is 17.2. The van der Waals surface area contributed by atoms with Crippen LogP contribution in [0.4, 0.5) is 0 Å². The van der Waals surface area contributed by atoms with E-state index in [-0.39, 0.29) is 0 Å². The molecule has 12 rings (SSSR count). The summed E-state index contributed by atoms with van der Waals surface area (Å²) in [6.45, 7) is 0. The molecule has 67 heavy (non-hydrogen) atoms. The zero-order chi connectivity index (χ0) is 44.5. The third-order valence-corrected chi connectivity index (χ3v) is 12.7. The van der Waals surface area contributed by atoms with Crippen LogP contribution in [0.5, 0.6) is 0 Å². The molecule has 0 aliphatic rings. The number of benzene rings is 10. The summed E-state index contributed by atoms with van der Waals surface area (Å²) in [5.74, 6) is 0.638. The van der Waals surface area contributed by atoms with Gasteiger partial charge in [-0.05, 0) is 91.5 Å². The molecule has 0 aliphatic heterocycles. The monoisotopic (exact) mass is 854 g/mol. The minimum absolute atomic E-state index is 0.638. The van der Waals surface area contributed by atoms with Gasteiger partial charge in [0.05, 0.1) is 11.4 Å². The molecule has 0 saturated carbocycles. The molecule has 0 radical (unpaired) electrons. The minimum Gasteiger partial charge on any atom is -0.455 e. The highest BCUT2D eigenvalue weighted by Crippen LogP contribution is 2.50. The van der Waals surface area contributed by atoms with Gasteiger partial charge < -0.3 is 4.42 Å². The first-order valence-electron chi connectivity index (χ1n) is 22.7. The van der Waals surface area contributed by atoms with Gasteiger partial charge in [-0.15, -0.1) is 0 Å². The number of nitrogens with zero attached hydrogens (tertiary/aromatic N) is 2. The Bertz CT molecular complexity index is 3680. The van der Waals surface area contributed by atoms with Crippen LogP contribution in [0.25, 0.3) is 123 Å². The normalized spacial score (nSPS) is 11.3. The molecule has 3 nitrogen and oxygen atoms in total. The zero-order valence-corrected chi connectivity index (χ0v) is 36.6. The number of rotatable bonds is 9. The average Bonchev–Trinajstić information content (AvgIpc) is 3.81. The van der Waals surface area contributed by atoms with E-state index in [1.54, 1.807) is 0 Å². The number of para-hydroxylation sites is 1. The van der Waals surface area contributed by atoms with Crippen LogP contribution in [0.15, 0.2) is 259 Å². The SMILES string of the molecule is c1ccc(-c2cc(-c3ccc(-c4cc(-c5ccccc5)c(-c5ccccc5)c(-c5ccccc5)c4-c4ccccc4)cc3)nc(-c3ccc(-c4ccccc4)c4oc5ccccc5c34)n2)cc1. The van der Waals surface area contributed by atoms with E-state index in [2.05, 4.69) is 231 Å². The molecule has 2 heterocycles. The van der Waals surface area contributed by atoms with Crippen LogP contribution in [0.2, 0.25) is 0 Å². The van der Waals surface area contributed by atoms with Gasteiger partial charge in [0.2, 0.25) is 0 Å². The van der Waals surface area contributed by atoms with Crippen molar-refractivity contribution in [2.75, 3.05) is 0 Å². The van der Waals surface area contributed by atoms with E-state index in [4.69, 9.17) is 14.4 Å². The van der Waals surface area contributed by atoms with E-state index < -0.39 is 0 Å². The number of furan rings is 1. The van der Waals surface area contributed by atoms with E-state index >= 15 is 0 Å². The van der Waals surface area contributed by atoms with Crippen LogP contribution in [0.1, 0.15) is 0 Å². The first kappa shape index (κ1) is 39.7. The Morgan fingerprint density at radius 3 is 1.16 bits per heavy atom. The Balaban J connectivity index is 1.07. The number of aromatic nitrogens is 2. The Labute approximate surface area is 390 Å². The van der Waals surface area contributed by atoms with Gasteiger partial charge in [0, 0.05) is 33.0 Å². The Morgan fingerprint density at radius 1 is 0.269 bits per heavy atom. The Hall–Kier alpha value is -8.92. The quantitative estimate of drug-likeness (QED) is 0.145. The van der Waals surface area contributed by atoms with Gasteiger partial charge in [0.15, 0.2) is 5.82 Å². The molecular formula is C64H42N2O. The fourth-order valence-corrected chi connectivity index (χ4v) is 9.61. The maximum Gasteiger partial charge on any atom is 0.161 e. The number of hydrogen-bond acceptors (Lipinski definition) is 3. The highest BCUT2D eigenvalue weighted by molar-refractivity contribution is 6.16. The summed E-state index contributed by atoms with van der Waals surface area (Å²) < 4.78 is 6.68. The second-order valence-electron chi connectivity index (χ2n) is 16.8. The molecule has 0 aliphatic carbocycles. The predicted octanol–water partition coefficient (Wildman–Crippen LogP) is 17.4. The molecule has 0 N–H and O–H groups in total. The van der Waals surface area contributed by atoms with Gasteiger partial charge in [-0.2, -0.15) is 0 Å². The van der Waals surface area contributed by atoms with Crippen molar-refractivity contribution < 1.29 is 4.42 Å². The van der Waals surface area contributed by atoms with Gasteiger partial charge in [-0.1, -0.05) is 224 Å². The lowest BCUT2D eigenvalue weighted by Gasteiger charge is -2.24. The van der Waals surface area contributed by atoms with Crippen molar-refractivity contribution in [2.24, 2.45) is 0 Å². The van der Waals surface area contributed by atoms with E-state index in [0.29, 0.717) is 5.82 Å². The molecule has 0 bridgehead atoms. The lowest BCUT2D eigenvalue weighted by atomic mass is 9.79. The molecule has 3 heteroatoms. The molecule has 0 spiro atoms. The van der Waals surface area contributed by atoms with Crippen molar-refractivity contribution in [3.05, 3.63) is 255 Å². The third-order valence-electron chi connectivity index (χ3n) is 12.7. The van der Waals surface area contributed by atoms with Crippen molar-refractivity contribution in [1.82, 2.24) is 9.97 Å². The third kappa shape index (κ3) is 7.39. The average molecular weight is 855 g/mol. The summed E-state index contributed by atoms with van der Waals surface area (Å²) in [6, 6.07) is 90.1. The largest absolute Gasteiger partial charge is 0.455 e. The molecule has 0 fully saturated rings. The Morgan fingerprint density at radius 2 is 0.642 bits per heavy atom. The molecular weight excluding hydrogens is 813 g/mol. The Kier molecular flexibility index (Phi) is 10.2. The van der Waals surface area contributed by atoms with E-state index in [1.807, 2.05) is 24.3 Å². The highest BCUT2D eigenvalue weighted by atomic mass is 16.3. The smallest absolute Gasteiger partial charge is 0.161 e. The van der Waals surface area contributed by atoms with Crippen molar-refractivity contribution in [3.8, 4) is 101 Å². The van der Waals surface area contributed by atoms with Crippen LogP contribution in [0.3, 0.4) is 0 Å². The van der Waals surface area contributed by atoms with Gasteiger partial charge in [-0.3, -0.25) is 0 Å². The summed E-state index contributed by atoms with van der Waals surface area (Å²) in [7, 11) is 0.